The smallest absolute Gasteiger partial charge is 0.240 e. The van der Waals surface area contributed by atoms with E-state index in [4.69, 9.17) is 4.74 Å². The molecule has 0 aromatic heterocycles. The Bertz CT molecular complexity index is 990. The molecule has 1 fully saturated rings. The van der Waals surface area contributed by atoms with Crippen LogP contribution in [0.2, 0.25) is 0 Å². The molecular formula is C24H23NO3S. The highest BCUT2D eigenvalue weighted by atomic mass is 32.2. The molecule has 0 radical (unpaired) electrons. The Kier molecular flexibility index (Phi) is 5.76. The maximum Gasteiger partial charge on any atom is 0.240 e. The summed E-state index contributed by atoms with van der Waals surface area (Å²) in [4.78, 5) is 15.1. The second kappa shape index (κ2) is 8.62. The first-order valence-electron chi connectivity index (χ1n) is 9.59. The number of hydrogen-bond donors (Lipinski definition) is 0. The topological polar surface area (TPSA) is 46.6 Å². The van der Waals surface area contributed by atoms with Crippen LogP contribution in [0.3, 0.4) is 0 Å². The third-order valence-corrected chi connectivity index (χ3v) is 7.10. The summed E-state index contributed by atoms with van der Waals surface area (Å²) in [6.07, 6.45) is 0.476. The molecule has 1 amide bonds. The van der Waals surface area contributed by atoms with Crippen molar-refractivity contribution in [1.82, 2.24) is 4.90 Å². The van der Waals surface area contributed by atoms with Gasteiger partial charge < -0.3 is 9.64 Å². The van der Waals surface area contributed by atoms with E-state index in [9.17, 15) is 9.00 Å². The summed E-state index contributed by atoms with van der Waals surface area (Å²) in [7, 11) is 0.258. The second-order valence-electron chi connectivity index (χ2n) is 7.08. The van der Waals surface area contributed by atoms with Gasteiger partial charge in [-0.15, -0.1) is 0 Å². The van der Waals surface area contributed by atoms with E-state index in [-0.39, 0.29) is 5.91 Å². The lowest BCUT2D eigenvalue weighted by Gasteiger charge is -2.24. The fourth-order valence-electron chi connectivity index (χ4n) is 3.70. The van der Waals surface area contributed by atoms with Crippen molar-refractivity contribution in [2.24, 2.45) is 0 Å². The molecule has 1 heterocycles. The quantitative estimate of drug-likeness (QED) is 0.620. The van der Waals surface area contributed by atoms with E-state index in [1.807, 2.05) is 84.9 Å². The predicted molar refractivity (Wildman–Crippen MR) is 115 cm³/mol. The van der Waals surface area contributed by atoms with Crippen LogP contribution in [0.4, 0.5) is 0 Å². The average Bonchev–Trinajstić information content (AvgIpc) is 2.99. The zero-order chi connectivity index (χ0) is 20.2. The predicted octanol–water partition coefficient (Wildman–Crippen LogP) is 4.10. The lowest BCUT2D eigenvalue weighted by molar-refractivity contribution is -0.130. The summed E-state index contributed by atoms with van der Waals surface area (Å²) in [6.45, 7) is 0.438. The van der Waals surface area contributed by atoms with Gasteiger partial charge >= 0.3 is 0 Å². The molecule has 3 aromatic carbocycles. The van der Waals surface area contributed by atoms with Crippen molar-refractivity contribution in [3.63, 3.8) is 0 Å². The van der Waals surface area contributed by atoms with Crippen molar-refractivity contribution in [2.75, 3.05) is 7.11 Å². The lowest BCUT2D eigenvalue weighted by atomic mass is 10.1. The van der Waals surface area contributed by atoms with E-state index < -0.39 is 21.4 Å². The van der Waals surface area contributed by atoms with Crippen LogP contribution >= 0.6 is 0 Å². The van der Waals surface area contributed by atoms with Gasteiger partial charge in [-0.25, -0.2) is 0 Å². The third-order valence-electron chi connectivity index (χ3n) is 5.20. The molecule has 3 atom stereocenters. The summed E-state index contributed by atoms with van der Waals surface area (Å²) < 4.78 is 18.7. The molecule has 0 N–H and O–H groups in total. The van der Waals surface area contributed by atoms with Crippen LogP contribution in [-0.2, 0) is 28.6 Å². The fraction of sp³-hybridized carbons (Fsp3) is 0.208. The number of rotatable bonds is 6. The van der Waals surface area contributed by atoms with Gasteiger partial charge in [-0.3, -0.25) is 9.00 Å². The molecule has 5 heteroatoms. The summed E-state index contributed by atoms with van der Waals surface area (Å²) in [6, 6.07) is 27.1. The Morgan fingerprint density at radius 1 is 0.862 bits per heavy atom. The van der Waals surface area contributed by atoms with Crippen LogP contribution in [-0.4, -0.2) is 27.4 Å². The normalized spacial score (nSPS) is 21.3. The van der Waals surface area contributed by atoms with Gasteiger partial charge in [0, 0.05) is 6.54 Å². The Hall–Kier alpha value is -2.92. The van der Waals surface area contributed by atoms with Gasteiger partial charge in [-0.1, -0.05) is 72.8 Å². The Morgan fingerprint density at radius 2 is 1.45 bits per heavy atom. The van der Waals surface area contributed by atoms with E-state index in [1.54, 1.807) is 12.0 Å². The van der Waals surface area contributed by atoms with Gasteiger partial charge in [0.2, 0.25) is 5.91 Å². The first-order chi connectivity index (χ1) is 14.2. The van der Waals surface area contributed by atoms with Crippen molar-refractivity contribution in [3.8, 4) is 5.75 Å². The first kappa shape index (κ1) is 19.4. The Balaban J connectivity index is 1.68. The zero-order valence-corrected chi connectivity index (χ0v) is 17.0. The van der Waals surface area contributed by atoms with Gasteiger partial charge in [0.15, 0.2) is 0 Å². The molecule has 4 rings (SSSR count). The molecule has 1 aliphatic heterocycles. The number of nitrogens with zero attached hydrogens (tertiary/aromatic N) is 1. The standard InChI is InChI=1S/C24H23NO3S/c1-28-21-14-12-20(13-15-21)24-25(17-19-10-6-3-7-11-19)23(26)22(29(24)27)16-18-8-4-2-5-9-18/h2-15,22,24H,16-17H2,1H3. The van der Waals surface area contributed by atoms with E-state index in [0.717, 1.165) is 22.4 Å². The second-order valence-corrected chi connectivity index (χ2v) is 8.76. The lowest BCUT2D eigenvalue weighted by Crippen LogP contribution is -2.31. The maximum atomic E-state index is 13.5. The van der Waals surface area contributed by atoms with Crippen LogP contribution in [0.1, 0.15) is 22.1 Å². The Labute approximate surface area is 173 Å². The van der Waals surface area contributed by atoms with Crippen LogP contribution in [0.25, 0.3) is 0 Å². The third kappa shape index (κ3) is 4.10. The van der Waals surface area contributed by atoms with Crippen molar-refractivity contribution < 1.29 is 13.7 Å². The first-order valence-corrected chi connectivity index (χ1v) is 10.9. The summed E-state index contributed by atoms with van der Waals surface area (Å²) in [5.41, 5.74) is 2.91. The number of hydrogen-bond acceptors (Lipinski definition) is 3. The van der Waals surface area contributed by atoms with Gasteiger partial charge in [0.1, 0.15) is 16.4 Å². The fourth-order valence-corrected chi connectivity index (χ4v) is 5.56. The molecule has 3 aromatic rings. The Morgan fingerprint density at radius 3 is 2.03 bits per heavy atom. The SMILES string of the molecule is COc1ccc(C2N(Cc3ccccc3)C(=O)C(Cc3ccccc3)S2=O)cc1. The van der Waals surface area contributed by atoms with Crippen molar-refractivity contribution >= 4 is 16.7 Å². The molecule has 0 spiro atoms. The number of carbonyl (C=O) groups is 1. The number of benzene rings is 3. The molecule has 0 saturated carbocycles. The molecule has 4 nitrogen and oxygen atoms in total. The zero-order valence-electron chi connectivity index (χ0n) is 16.2. The highest BCUT2D eigenvalue weighted by Gasteiger charge is 2.46. The molecule has 1 saturated heterocycles. The highest BCUT2D eigenvalue weighted by Crippen LogP contribution is 2.37. The number of methoxy groups -OCH3 is 1. The summed E-state index contributed by atoms with van der Waals surface area (Å²) in [5.74, 6) is 0.677. The number of ether oxygens (including phenoxy) is 1. The van der Waals surface area contributed by atoms with Crippen LogP contribution in [0.15, 0.2) is 84.9 Å². The summed E-state index contributed by atoms with van der Waals surface area (Å²) in [5, 5.41) is -1.02. The van der Waals surface area contributed by atoms with E-state index in [1.165, 1.54) is 0 Å². The minimum Gasteiger partial charge on any atom is -0.497 e. The number of amides is 1. The van der Waals surface area contributed by atoms with Crippen molar-refractivity contribution in [2.45, 2.75) is 23.6 Å². The van der Waals surface area contributed by atoms with Crippen LogP contribution in [0, 0.1) is 0 Å². The minimum absolute atomic E-state index is 0.0585. The maximum absolute atomic E-state index is 13.5. The van der Waals surface area contributed by atoms with Gasteiger partial charge in [0.05, 0.1) is 17.9 Å². The van der Waals surface area contributed by atoms with Crippen molar-refractivity contribution in [1.29, 1.82) is 0 Å². The molecule has 0 bridgehead atoms. The van der Waals surface area contributed by atoms with E-state index in [0.29, 0.717) is 13.0 Å². The van der Waals surface area contributed by atoms with Gasteiger partial charge in [-0.05, 0) is 35.2 Å². The largest absolute Gasteiger partial charge is 0.497 e. The van der Waals surface area contributed by atoms with Crippen LogP contribution in [0.5, 0.6) is 5.75 Å². The molecule has 29 heavy (non-hydrogen) atoms. The van der Waals surface area contributed by atoms with Crippen LogP contribution < -0.4 is 4.74 Å². The minimum atomic E-state index is -1.36. The molecule has 1 aliphatic rings. The number of carbonyl (C=O) groups excluding carboxylic acids is 1. The van der Waals surface area contributed by atoms with E-state index >= 15 is 0 Å². The van der Waals surface area contributed by atoms with Gasteiger partial charge in [-0.2, -0.15) is 0 Å². The monoisotopic (exact) mass is 405 g/mol. The summed E-state index contributed by atoms with van der Waals surface area (Å²) >= 11 is 0. The molecule has 3 unspecified atom stereocenters. The van der Waals surface area contributed by atoms with E-state index in [2.05, 4.69) is 0 Å². The average molecular weight is 406 g/mol. The highest BCUT2D eigenvalue weighted by molar-refractivity contribution is 7.87. The van der Waals surface area contributed by atoms with Crippen molar-refractivity contribution in [3.05, 3.63) is 102 Å². The van der Waals surface area contributed by atoms with Gasteiger partial charge in [0.25, 0.3) is 0 Å². The molecular weight excluding hydrogens is 382 g/mol. The molecule has 0 aliphatic carbocycles. The molecule has 148 valence electrons.